The van der Waals surface area contributed by atoms with Crippen molar-refractivity contribution in [2.24, 2.45) is 0 Å². The van der Waals surface area contributed by atoms with Crippen LogP contribution >= 0.6 is 12.2 Å². The highest BCUT2D eigenvalue weighted by Gasteiger charge is 2.06. The van der Waals surface area contributed by atoms with Crippen LogP contribution < -0.4 is 5.32 Å². The van der Waals surface area contributed by atoms with Gasteiger partial charge >= 0.3 is 0 Å². The van der Waals surface area contributed by atoms with Crippen LogP contribution in [-0.2, 0) is 0 Å². The Morgan fingerprint density at radius 1 is 0.786 bits per heavy atom. The molecule has 28 heavy (non-hydrogen) atoms. The van der Waals surface area contributed by atoms with Crippen LogP contribution in [-0.4, -0.2) is 16.2 Å². The minimum absolute atomic E-state index is 0.219. The molecule has 0 aliphatic rings. The highest BCUT2D eigenvalue weighted by atomic mass is 32.1. The van der Waals surface area contributed by atoms with Crippen molar-refractivity contribution in [3.05, 3.63) is 30.3 Å². The number of aliphatic hydroxyl groups is 1. The van der Waals surface area contributed by atoms with Crippen molar-refractivity contribution in [3.63, 3.8) is 0 Å². The molecule has 0 bridgehead atoms. The van der Waals surface area contributed by atoms with Gasteiger partial charge < -0.3 is 10.4 Å². The second kappa shape index (κ2) is 18.1. The van der Waals surface area contributed by atoms with Gasteiger partial charge in [0.2, 0.25) is 0 Å². The maximum absolute atomic E-state index is 10.2. The molecule has 0 saturated heterocycles. The Balaban J connectivity index is 1.85. The number of aliphatic hydroxyl groups excluding tert-OH is 1. The zero-order valence-electron chi connectivity index (χ0n) is 18.1. The first kappa shape index (κ1) is 25.1. The third kappa shape index (κ3) is 15.0. The Morgan fingerprint density at radius 3 is 1.82 bits per heavy atom. The molecule has 0 fully saturated rings. The van der Waals surface area contributed by atoms with Crippen LogP contribution in [0.4, 0.5) is 5.69 Å². The van der Waals surface area contributed by atoms with Gasteiger partial charge in [0.05, 0.1) is 11.1 Å². The number of rotatable bonds is 18. The second-order valence-electron chi connectivity index (χ2n) is 8.14. The zero-order chi connectivity index (χ0) is 20.3. The maximum Gasteiger partial charge on any atom is 0.0798 e. The summed E-state index contributed by atoms with van der Waals surface area (Å²) in [5, 5.41) is 13.4. The van der Waals surface area contributed by atoms with Gasteiger partial charge in [-0.3, -0.25) is 0 Å². The van der Waals surface area contributed by atoms with E-state index in [9.17, 15) is 5.11 Å². The molecule has 1 aromatic carbocycles. The molecule has 1 atom stereocenters. The third-order valence-corrected chi connectivity index (χ3v) is 5.71. The van der Waals surface area contributed by atoms with Crippen LogP contribution in [0.2, 0.25) is 0 Å². The van der Waals surface area contributed by atoms with E-state index in [-0.39, 0.29) is 6.10 Å². The van der Waals surface area contributed by atoms with Gasteiger partial charge in [0.25, 0.3) is 0 Å². The molecule has 3 heteroatoms. The highest BCUT2D eigenvalue weighted by Crippen LogP contribution is 2.15. The van der Waals surface area contributed by atoms with Crippen molar-refractivity contribution >= 4 is 22.9 Å². The molecule has 2 nitrogen and oxygen atoms in total. The summed E-state index contributed by atoms with van der Waals surface area (Å²) in [6, 6.07) is 10.0. The monoisotopic (exact) mass is 405 g/mol. The molecule has 0 saturated carbocycles. The van der Waals surface area contributed by atoms with E-state index in [1.54, 1.807) is 0 Å². The molecular weight excluding hydrogens is 362 g/mol. The fourth-order valence-electron chi connectivity index (χ4n) is 3.58. The van der Waals surface area contributed by atoms with Gasteiger partial charge in [0.1, 0.15) is 0 Å². The highest BCUT2D eigenvalue weighted by molar-refractivity contribution is 7.80. The van der Waals surface area contributed by atoms with E-state index in [2.05, 4.69) is 12.2 Å². The number of benzene rings is 1. The minimum atomic E-state index is -0.219. The lowest BCUT2D eigenvalue weighted by Gasteiger charge is -2.12. The summed E-state index contributed by atoms with van der Waals surface area (Å²) >= 11 is 5.37. The van der Waals surface area contributed by atoms with Gasteiger partial charge in [0.15, 0.2) is 0 Å². The molecule has 0 aliphatic carbocycles. The first-order valence-corrected chi connectivity index (χ1v) is 12.2. The quantitative estimate of drug-likeness (QED) is 0.191. The van der Waals surface area contributed by atoms with Crippen LogP contribution in [0, 0.1) is 0 Å². The number of nitrogens with one attached hydrogen (secondary N) is 1. The Kier molecular flexibility index (Phi) is 16.2. The van der Waals surface area contributed by atoms with E-state index in [4.69, 9.17) is 12.2 Å². The summed E-state index contributed by atoms with van der Waals surface area (Å²) in [5.74, 6) is 0. The summed E-state index contributed by atoms with van der Waals surface area (Å²) in [7, 11) is 0. The fraction of sp³-hybridized carbons (Fsp3) is 0.720. The largest absolute Gasteiger partial charge is 0.393 e. The molecule has 0 spiro atoms. The van der Waals surface area contributed by atoms with E-state index < -0.39 is 0 Å². The van der Waals surface area contributed by atoms with Gasteiger partial charge in [0, 0.05) is 12.1 Å². The normalized spacial score (nSPS) is 12.1. The van der Waals surface area contributed by atoms with E-state index in [0.717, 1.165) is 36.4 Å². The molecule has 0 heterocycles. The van der Waals surface area contributed by atoms with Crippen molar-refractivity contribution in [1.82, 2.24) is 0 Å². The zero-order valence-corrected chi connectivity index (χ0v) is 18.9. The minimum Gasteiger partial charge on any atom is -0.393 e. The molecule has 0 aliphatic heterocycles. The molecule has 0 radical (unpaired) electrons. The fourth-order valence-corrected chi connectivity index (χ4v) is 3.82. The number of para-hydroxylation sites is 1. The van der Waals surface area contributed by atoms with Gasteiger partial charge in [-0.1, -0.05) is 121 Å². The van der Waals surface area contributed by atoms with Gasteiger partial charge in [-0.15, -0.1) is 0 Å². The Bertz CT molecular complexity index is 477. The summed E-state index contributed by atoms with van der Waals surface area (Å²) in [5.41, 5.74) is 1.03. The molecule has 0 aromatic heterocycles. The van der Waals surface area contributed by atoms with Gasteiger partial charge in [-0.25, -0.2) is 0 Å². The van der Waals surface area contributed by atoms with E-state index in [0.29, 0.717) is 0 Å². The van der Waals surface area contributed by atoms with E-state index in [1.807, 2.05) is 30.3 Å². The number of thiocarbonyl (C=S) groups is 1. The Morgan fingerprint density at radius 2 is 1.29 bits per heavy atom. The number of hydrogen-bond donors (Lipinski definition) is 2. The molecule has 2 N–H and O–H groups in total. The predicted octanol–water partition coefficient (Wildman–Crippen LogP) is 8.05. The van der Waals surface area contributed by atoms with Crippen LogP contribution in [0.15, 0.2) is 30.3 Å². The SMILES string of the molecule is CCCCCCCCCCCCCCCC(O)CCC(=S)Nc1ccccc1. The number of unbranched alkanes of at least 4 members (excludes halogenated alkanes) is 12. The summed E-state index contributed by atoms with van der Waals surface area (Å²) in [4.78, 5) is 0.815. The first-order valence-electron chi connectivity index (χ1n) is 11.8. The summed E-state index contributed by atoms with van der Waals surface area (Å²) < 4.78 is 0. The molecule has 1 rings (SSSR count). The van der Waals surface area contributed by atoms with Crippen LogP contribution in [0.1, 0.15) is 110 Å². The molecule has 0 amide bonds. The average molecular weight is 406 g/mol. The maximum atomic E-state index is 10.2. The third-order valence-electron chi connectivity index (χ3n) is 5.40. The van der Waals surface area contributed by atoms with Crippen molar-refractivity contribution in [1.29, 1.82) is 0 Å². The van der Waals surface area contributed by atoms with Crippen LogP contribution in [0.25, 0.3) is 0 Å². The van der Waals surface area contributed by atoms with Crippen molar-refractivity contribution < 1.29 is 5.11 Å². The molecular formula is C25H43NOS. The topological polar surface area (TPSA) is 32.3 Å². The lowest BCUT2D eigenvalue weighted by atomic mass is 10.0. The lowest BCUT2D eigenvalue weighted by molar-refractivity contribution is 0.153. The standard InChI is InChI=1S/C25H43NOS/c1-2-3-4-5-6-7-8-9-10-11-12-13-17-20-24(27)21-22-25(28)26-23-18-15-14-16-19-23/h14-16,18-19,24,27H,2-13,17,20-22H2,1H3,(H,26,28). The molecule has 160 valence electrons. The Labute approximate surface area is 179 Å². The average Bonchev–Trinajstić information content (AvgIpc) is 2.70. The smallest absolute Gasteiger partial charge is 0.0798 e. The number of hydrogen-bond acceptors (Lipinski definition) is 2. The van der Waals surface area contributed by atoms with Gasteiger partial charge in [-0.05, 0) is 25.0 Å². The summed E-state index contributed by atoms with van der Waals surface area (Å²) in [6.45, 7) is 2.28. The predicted molar refractivity (Wildman–Crippen MR) is 128 cm³/mol. The van der Waals surface area contributed by atoms with Crippen LogP contribution in [0.5, 0.6) is 0 Å². The molecule has 1 aromatic rings. The summed E-state index contributed by atoms with van der Waals surface area (Å²) in [6.07, 6.45) is 19.9. The Hall–Kier alpha value is -0.930. The van der Waals surface area contributed by atoms with Crippen molar-refractivity contribution in [3.8, 4) is 0 Å². The molecule has 1 unspecified atom stereocenters. The second-order valence-corrected chi connectivity index (χ2v) is 8.63. The van der Waals surface area contributed by atoms with Crippen molar-refractivity contribution in [2.45, 2.75) is 116 Å². The first-order chi connectivity index (χ1) is 13.7. The number of anilines is 1. The van der Waals surface area contributed by atoms with Gasteiger partial charge in [-0.2, -0.15) is 0 Å². The lowest BCUT2D eigenvalue weighted by Crippen LogP contribution is -2.14. The van der Waals surface area contributed by atoms with E-state index >= 15 is 0 Å². The van der Waals surface area contributed by atoms with E-state index in [1.165, 1.54) is 77.0 Å². The van der Waals surface area contributed by atoms with Crippen LogP contribution in [0.3, 0.4) is 0 Å². The van der Waals surface area contributed by atoms with Crippen molar-refractivity contribution in [2.75, 3.05) is 5.32 Å².